The van der Waals surface area contributed by atoms with E-state index in [4.69, 9.17) is 10.4 Å². The van der Waals surface area contributed by atoms with Gasteiger partial charge in [0.1, 0.15) is 16.0 Å². The Balaban J connectivity index is 2.26. The van der Waals surface area contributed by atoms with Crippen molar-refractivity contribution in [2.75, 3.05) is 0 Å². The number of hydrogen-bond acceptors (Lipinski definition) is 5. The van der Waals surface area contributed by atoms with Crippen LogP contribution in [0.4, 0.5) is 0 Å². The first kappa shape index (κ1) is 11.6. The summed E-state index contributed by atoms with van der Waals surface area (Å²) in [6, 6.07) is 7.00. The summed E-state index contributed by atoms with van der Waals surface area (Å²) in [7, 11) is 0. The van der Waals surface area contributed by atoms with E-state index in [2.05, 4.69) is 4.98 Å². The van der Waals surface area contributed by atoms with Crippen molar-refractivity contribution >= 4 is 29.1 Å². The van der Waals surface area contributed by atoms with Gasteiger partial charge in [0.05, 0.1) is 5.56 Å². The summed E-state index contributed by atoms with van der Waals surface area (Å²) < 4.78 is 0. The van der Waals surface area contributed by atoms with Crippen molar-refractivity contribution in [3.63, 3.8) is 0 Å². The van der Waals surface area contributed by atoms with Crippen LogP contribution >= 0.6 is 23.1 Å². The van der Waals surface area contributed by atoms with Crippen LogP contribution in [0, 0.1) is 11.3 Å². The van der Waals surface area contributed by atoms with Gasteiger partial charge in [0.2, 0.25) is 0 Å². The van der Waals surface area contributed by atoms with Crippen LogP contribution < -0.4 is 0 Å². The maximum Gasteiger partial charge on any atom is 0.345 e. The Bertz CT molecular complexity index is 602. The number of aromatic carboxylic acids is 1. The molecule has 0 unspecified atom stereocenters. The number of hydrogen-bond donors (Lipinski definition) is 1. The molecule has 2 rings (SSSR count). The Kier molecular flexibility index (Phi) is 3.42. The smallest absolute Gasteiger partial charge is 0.345 e. The average Bonchev–Trinajstić information content (AvgIpc) is 2.78. The largest absolute Gasteiger partial charge is 0.477 e. The molecule has 0 atom stereocenters. The maximum absolute atomic E-state index is 10.7. The van der Waals surface area contributed by atoms with Crippen LogP contribution in [0.3, 0.4) is 0 Å². The van der Waals surface area contributed by atoms with Crippen LogP contribution in [0.5, 0.6) is 0 Å². The lowest BCUT2D eigenvalue weighted by atomic mass is 10.3. The van der Waals surface area contributed by atoms with Gasteiger partial charge in [0, 0.05) is 16.5 Å². The minimum absolute atomic E-state index is 0.280. The molecule has 2 aromatic rings. The number of nitrogens with zero attached hydrogens (tertiary/aromatic N) is 2. The minimum Gasteiger partial charge on any atom is -0.477 e. The van der Waals surface area contributed by atoms with E-state index < -0.39 is 5.97 Å². The third-order valence-corrected chi connectivity index (χ3v) is 3.95. The number of carbonyl (C=O) groups is 1. The molecule has 2 heterocycles. The van der Waals surface area contributed by atoms with Crippen molar-refractivity contribution in [2.24, 2.45) is 0 Å². The van der Waals surface area contributed by atoms with Gasteiger partial charge in [-0.1, -0.05) is 11.8 Å². The zero-order valence-corrected chi connectivity index (χ0v) is 10.1. The number of pyridine rings is 1. The fraction of sp³-hybridized carbons (Fsp3) is 0. The van der Waals surface area contributed by atoms with Gasteiger partial charge in [-0.3, -0.25) is 0 Å². The molecule has 17 heavy (non-hydrogen) atoms. The Morgan fingerprint density at radius 2 is 2.41 bits per heavy atom. The highest BCUT2D eigenvalue weighted by Crippen LogP contribution is 2.31. The monoisotopic (exact) mass is 262 g/mol. The molecule has 0 fully saturated rings. The van der Waals surface area contributed by atoms with Crippen LogP contribution in [0.2, 0.25) is 0 Å². The molecule has 1 N–H and O–H groups in total. The lowest BCUT2D eigenvalue weighted by Crippen LogP contribution is -1.90. The van der Waals surface area contributed by atoms with Gasteiger partial charge in [-0.25, -0.2) is 9.78 Å². The van der Waals surface area contributed by atoms with E-state index in [1.165, 1.54) is 11.8 Å². The molecule has 0 saturated heterocycles. The zero-order chi connectivity index (χ0) is 12.3. The van der Waals surface area contributed by atoms with E-state index in [0.29, 0.717) is 10.6 Å². The number of nitriles is 1. The summed E-state index contributed by atoms with van der Waals surface area (Å²) in [4.78, 5) is 15.9. The molecule has 0 saturated carbocycles. The quantitative estimate of drug-likeness (QED) is 0.920. The normalized spacial score (nSPS) is 9.82. The summed E-state index contributed by atoms with van der Waals surface area (Å²) in [5.41, 5.74) is 0.487. The molecule has 0 aliphatic heterocycles. The predicted molar refractivity (Wildman–Crippen MR) is 64.4 cm³/mol. The Labute approximate surface area is 106 Å². The standard InChI is InChI=1S/C11H6N2O2S2/c12-5-7-2-1-3-13-10(7)17-8-4-9(11(14)15)16-6-8/h1-4,6H,(H,14,15). The molecule has 0 aliphatic rings. The number of carboxylic acids is 1. The lowest BCUT2D eigenvalue weighted by Gasteiger charge is -1.98. The molecule has 4 nitrogen and oxygen atoms in total. The van der Waals surface area contributed by atoms with Crippen molar-refractivity contribution in [2.45, 2.75) is 9.92 Å². The minimum atomic E-state index is -0.941. The maximum atomic E-state index is 10.7. The van der Waals surface area contributed by atoms with Gasteiger partial charge in [-0.05, 0) is 18.2 Å². The Hall–Kier alpha value is -1.84. The van der Waals surface area contributed by atoms with E-state index in [1.54, 1.807) is 29.8 Å². The molecule has 2 aromatic heterocycles. The first-order chi connectivity index (χ1) is 8.20. The Morgan fingerprint density at radius 1 is 1.59 bits per heavy atom. The Morgan fingerprint density at radius 3 is 3.06 bits per heavy atom. The zero-order valence-electron chi connectivity index (χ0n) is 8.45. The van der Waals surface area contributed by atoms with E-state index in [9.17, 15) is 4.79 Å². The fourth-order valence-corrected chi connectivity index (χ4v) is 2.91. The average molecular weight is 262 g/mol. The third-order valence-electron chi connectivity index (χ3n) is 1.89. The highest BCUT2D eigenvalue weighted by molar-refractivity contribution is 7.99. The van der Waals surface area contributed by atoms with E-state index in [1.807, 2.05) is 6.07 Å². The number of aromatic nitrogens is 1. The second-order valence-electron chi connectivity index (χ2n) is 3.02. The topological polar surface area (TPSA) is 74.0 Å². The highest BCUT2D eigenvalue weighted by Gasteiger charge is 2.10. The van der Waals surface area contributed by atoms with Crippen LogP contribution in [0.1, 0.15) is 15.2 Å². The van der Waals surface area contributed by atoms with Crippen molar-refractivity contribution < 1.29 is 9.90 Å². The SMILES string of the molecule is N#Cc1cccnc1Sc1csc(C(=O)O)c1. The lowest BCUT2D eigenvalue weighted by molar-refractivity contribution is 0.0702. The summed E-state index contributed by atoms with van der Waals surface area (Å²) in [5, 5.41) is 20.0. The van der Waals surface area contributed by atoms with E-state index >= 15 is 0 Å². The molecule has 0 radical (unpaired) electrons. The molecular weight excluding hydrogens is 256 g/mol. The fourth-order valence-electron chi connectivity index (χ4n) is 1.15. The van der Waals surface area contributed by atoms with Gasteiger partial charge in [-0.15, -0.1) is 11.3 Å². The third kappa shape index (κ3) is 2.64. The van der Waals surface area contributed by atoms with Gasteiger partial charge in [0.25, 0.3) is 0 Å². The second-order valence-corrected chi connectivity index (χ2v) is 5.00. The van der Waals surface area contributed by atoms with Crippen molar-refractivity contribution in [1.29, 1.82) is 5.26 Å². The molecule has 0 aliphatic carbocycles. The first-order valence-electron chi connectivity index (χ1n) is 4.55. The van der Waals surface area contributed by atoms with Gasteiger partial charge in [0.15, 0.2) is 0 Å². The molecule has 6 heteroatoms. The van der Waals surface area contributed by atoms with Crippen molar-refractivity contribution in [1.82, 2.24) is 4.98 Å². The number of carboxylic acid groups (broad SMARTS) is 1. The molecule has 0 spiro atoms. The van der Waals surface area contributed by atoms with E-state index in [0.717, 1.165) is 16.2 Å². The summed E-state index contributed by atoms with van der Waals surface area (Å²) >= 11 is 2.45. The van der Waals surface area contributed by atoms with E-state index in [-0.39, 0.29) is 4.88 Å². The van der Waals surface area contributed by atoms with Crippen LogP contribution in [0.25, 0.3) is 0 Å². The van der Waals surface area contributed by atoms with Crippen molar-refractivity contribution in [3.05, 3.63) is 40.2 Å². The summed E-state index contributed by atoms with van der Waals surface area (Å²) in [5.74, 6) is -0.941. The van der Waals surface area contributed by atoms with Gasteiger partial charge >= 0.3 is 5.97 Å². The molecule has 0 amide bonds. The molecular formula is C11H6N2O2S2. The van der Waals surface area contributed by atoms with Crippen LogP contribution in [-0.4, -0.2) is 16.1 Å². The second kappa shape index (κ2) is 4.99. The van der Waals surface area contributed by atoms with Gasteiger partial charge < -0.3 is 5.11 Å². The first-order valence-corrected chi connectivity index (χ1v) is 6.25. The highest BCUT2D eigenvalue weighted by atomic mass is 32.2. The predicted octanol–water partition coefficient (Wildman–Crippen LogP) is 2.86. The summed E-state index contributed by atoms with van der Waals surface area (Å²) in [6.45, 7) is 0. The molecule has 0 aromatic carbocycles. The molecule has 0 bridgehead atoms. The number of thiophene rings is 1. The summed E-state index contributed by atoms with van der Waals surface area (Å²) in [6.07, 6.45) is 1.60. The van der Waals surface area contributed by atoms with Crippen molar-refractivity contribution in [3.8, 4) is 6.07 Å². The molecule has 84 valence electrons. The van der Waals surface area contributed by atoms with Crippen LogP contribution in [0.15, 0.2) is 39.7 Å². The number of rotatable bonds is 3. The van der Waals surface area contributed by atoms with Crippen LogP contribution in [-0.2, 0) is 0 Å². The van der Waals surface area contributed by atoms with Gasteiger partial charge in [-0.2, -0.15) is 5.26 Å².